The van der Waals surface area contributed by atoms with Gasteiger partial charge in [-0.05, 0) is 74.8 Å². The molecular formula is C23H35N2O3S2. The van der Waals surface area contributed by atoms with Gasteiger partial charge in [-0.2, -0.15) is 0 Å². The largest absolute Gasteiger partial charge is 0.487 e. The molecule has 4 rings (SSSR count). The maximum atomic E-state index is 12.9. The highest BCUT2D eigenvalue weighted by molar-refractivity contribution is 8.77. The Morgan fingerprint density at radius 2 is 1.87 bits per heavy atom. The molecule has 3 atom stereocenters. The summed E-state index contributed by atoms with van der Waals surface area (Å²) in [6.07, 6.45) is 0.887. The molecule has 0 amide bonds. The number of ether oxygens (including phenoxy) is 1. The average molecular weight is 452 g/mol. The first kappa shape index (κ1) is 22.7. The molecule has 3 aliphatic rings. The lowest BCUT2D eigenvalue weighted by molar-refractivity contribution is -0.266. The van der Waals surface area contributed by atoms with E-state index >= 15 is 0 Å². The number of fused-ring (bicyclic) bond motifs is 2. The molecule has 0 spiro atoms. The van der Waals surface area contributed by atoms with Gasteiger partial charge in [-0.15, -0.1) is 10.3 Å². The minimum Gasteiger partial charge on any atom is -0.487 e. The molecule has 0 saturated carbocycles. The van der Waals surface area contributed by atoms with E-state index in [-0.39, 0.29) is 6.10 Å². The zero-order valence-electron chi connectivity index (χ0n) is 18.9. The molecule has 1 fully saturated rings. The Hall–Kier alpha value is -0.440. The number of hydroxylamine groups is 2. The Bertz CT molecular complexity index is 812. The molecular weight excluding hydrogens is 416 g/mol. The number of benzene rings is 1. The van der Waals surface area contributed by atoms with Gasteiger partial charge in [0.1, 0.15) is 18.0 Å². The lowest BCUT2D eigenvalue weighted by atomic mass is 9.86. The normalized spacial score (nSPS) is 29.9. The van der Waals surface area contributed by atoms with Crippen molar-refractivity contribution in [2.45, 2.75) is 82.9 Å². The van der Waals surface area contributed by atoms with Crippen LogP contribution in [0.1, 0.15) is 64.7 Å². The van der Waals surface area contributed by atoms with E-state index in [0.29, 0.717) is 17.2 Å². The topological polar surface area (TPSA) is 64.6 Å². The highest BCUT2D eigenvalue weighted by Gasteiger charge is 2.50. The Morgan fingerprint density at radius 3 is 2.50 bits per heavy atom. The molecule has 0 aromatic heterocycles. The average Bonchev–Trinajstić information content (AvgIpc) is 3.08. The van der Waals surface area contributed by atoms with Crippen LogP contribution in [0.25, 0.3) is 0 Å². The number of aliphatic hydroxyl groups excluding tert-OH is 1. The number of nitrogens with zero attached hydrogens (tertiary/aromatic N) is 1. The minimum absolute atomic E-state index is 0.220. The lowest BCUT2D eigenvalue weighted by Crippen LogP contribution is -2.44. The third kappa shape index (κ3) is 3.80. The number of aryl methyl sites for hydroxylation is 1. The van der Waals surface area contributed by atoms with Crippen molar-refractivity contribution in [1.82, 2.24) is 10.4 Å². The highest BCUT2D eigenvalue weighted by Crippen LogP contribution is 2.51. The fourth-order valence-corrected chi connectivity index (χ4v) is 8.91. The zero-order chi connectivity index (χ0) is 21.9. The predicted octanol–water partition coefficient (Wildman–Crippen LogP) is 4.25. The van der Waals surface area contributed by atoms with Crippen LogP contribution in [-0.2, 0) is 22.7 Å². The lowest BCUT2D eigenvalue weighted by Gasteiger charge is -2.32. The van der Waals surface area contributed by atoms with Crippen LogP contribution in [0.3, 0.4) is 0 Å². The van der Waals surface area contributed by atoms with Crippen molar-refractivity contribution >= 4 is 21.6 Å². The maximum absolute atomic E-state index is 12.9. The summed E-state index contributed by atoms with van der Waals surface area (Å²) >= 11 is 0. The molecule has 5 nitrogen and oxygen atoms in total. The molecule has 30 heavy (non-hydrogen) atoms. The second-order valence-corrected chi connectivity index (χ2v) is 13.2. The molecule has 1 radical (unpaired) electrons. The summed E-state index contributed by atoms with van der Waals surface area (Å²) in [6.45, 7) is 14.0. The summed E-state index contributed by atoms with van der Waals surface area (Å²) in [5, 5.41) is 28.9. The van der Waals surface area contributed by atoms with E-state index in [9.17, 15) is 10.3 Å². The maximum Gasteiger partial charge on any atom is 0.126 e. The van der Waals surface area contributed by atoms with Crippen LogP contribution in [0.2, 0.25) is 0 Å². The summed E-state index contributed by atoms with van der Waals surface area (Å²) < 4.78 is 6.26. The number of nitrogens with one attached hydrogen (secondary N) is 1. The molecule has 0 bridgehead atoms. The van der Waals surface area contributed by atoms with Crippen LogP contribution in [0, 0.1) is 5.41 Å². The Labute approximate surface area is 188 Å². The zero-order valence-corrected chi connectivity index (χ0v) is 20.6. The quantitative estimate of drug-likeness (QED) is 0.653. The molecule has 7 heteroatoms. The van der Waals surface area contributed by atoms with Crippen LogP contribution in [0.5, 0.6) is 5.75 Å². The number of hydrogen-bond donors (Lipinski definition) is 2. The van der Waals surface area contributed by atoms with E-state index in [1.165, 1.54) is 10.8 Å². The van der Waals surface area contributed by atoms with E-state index in [0.717, 1.165) is 41.8 Å². The first-order chi connectivity index (χ1) is 13.9. The second kappa shape index (κ2) is 7.85. The molecule has 2 N–H and O–H groups in total. The van der Waals surface area contributed by atoms with Crippen molar-refractivity contribution < 1.29 is 15.1 Å². The first-order valence-corrected chi connectivity index (χ1v) is 13.3. The van der Waals surface area contributed by atoms with Crippen LogP contribution >= 0.6 is 21.6 Å². The van der Waals surface area contributed by atoms with Gasteiger partial charge < -0.3 is 15.2 Å². The van der Waals surface area contributed by atoms with Gasteiger partial charge in [-0.25, -0.2) is 0 Å². The van der Waals surface area contributed by atoms with Gasteiger partial charge in [-0.3, -0.25) is 0 Å². The van der Waals surface area contributed by atoms with Crippen molar-refractivity contribution in [1.29, 1.82) is 0 Å². The molecule has 167 valence electrons. The van der Waals surface area contributed by atoms with Crippen LogP contribution < -0.4 is 10.1 Å². The summed E-state index contributed by atoms with van der Waals surface area (Å²) in [4.78, 5) is 0. The van der Waals surface area contributed by atoms with E-state index in [1.807, 2.05) is 55.3 Å². The van der Waals surface area contributed by atoms with Crippen LogP contribution in [0.15, 0.2) is 12.1 Å². The third-order valence-electron chi connectivity index (χ3n) is 7.11. The van der Waals surface area contributed by atoms with Crippen molar-refractivity contribution in [3.8, 4) is 5.75 Å². The van der Waals surface area contributed by atoms with Gasteiger partial charge in [0.25, 0.3) is 0 Å². The van der Waals surface area contributed by atoms with Gasteiger partial charge in [0.05, 0.1) is 11.1 Å². The Balaban J connectivity index is 1.42. The molecule has 3 heterocycles. The fraction of sp³-hybridized carbons (Fsp3) is 0.739. The minimum atomic E-state index is -0.589. The van der Waals surface area contributed by atoms with Gasteiger partial charge in [0.15, 0.2) is 0 Å². The van der Waals surface area contributed by atoms with E-state index < -0.39 is 17.2 Å². The van der Waals surface area contributed by atoms with Gasteiger partial charge in [0, 0.05) is 24.1 Å². The molecule has 3 aliphatic heterocycles. The molecule has 1 saturated heterocycles. The highest BCUT2D eigenvalue weighted by atomic mass is 33.1. The van der Waals surface area contributed by atoms with Crippen LogP contribution in [-0.4, -0.2) is 46.5 Å². The first-order valence-electron chi connectivity index (χ1n) is 10.9. The summed E-state index contributed by atoms with van der Waals surface area (Å²) in [5.41, 5.74) is 2.47. The van der Waals surface area contributed by atoms with Crippen molar-refractivity contribution in [2.24, 2.45) is 5.41 Å². The van der Waals surface area contributed by atoms with Crippen molar-refractivity contribution in [2.75, 3.05) is 18.8 Å². The predicted molar refractivity (Wildman–Crippen MR) is 124 cm³/mol. The molecule has 3 unspecified atom stereocenters. The number of aliphatic hydroxyl groups is 1. The van der Waals surface area contributed by atoms with Gasteiger partial charge in [-0.1, -0.05) is 35.4 Å². The van der Waals surface area contributed by atoms with Gasteiger partial charge >= 0.3 is 0 Å². The molecule has 0 aliphatic carbocycles. The molecule has 1 aromatic rings. The van der Waals surface area contributed by atoms with Crippen molar-refractivity contribution in [3.05, 3.63) is 28.8 Å². The molecule has 1 aromatic carbocycles. The van der Waals surface area contributed by atoms with Crippen molar-refractivity contribution in [3.63, 3.8) is 0 Å². The van der Waals surface area contributed by atoms with Gasteiger partial charge in [0.2, 0.25) is 0 Å². The third-order valence-corrected chi connectivity index (χ3v) is 10.6. The number of rotatable bonds is 5. The monoisotopic (exact) mass is 451 g/mol. The summed E-state index contributed by atoms with van der Waals surface area (Å²) in [6, 6.07) is 4.20. The second-order valence-electron chi connectivity index (χ2n) is 10.7. The Morgan fingerprint density at radius 1 is 1.20 bits per heavy atom. The van der Waals surface area contributed by atoms with Crippen LogP contribution in [0.4, 0.5) is 0 Å². The standard InChI is InChI=1S/C23H35N2O3S2/c1-21(2)13-29-30-20(21)12-24-11-17(26)18-8-7-14-9-15-16(10-19(14)28-18)23(5,6)25(27)22(15,3)4/h9-10,17-18,20,24,26H,7-8,11-13H2,1-6H3. The smallest absolute Gasteiger partial charge is 0.126 e. The van der Waals surface area contributed by atoms with E-state index in [4.69, 9.17) is 4.74 Å². The Kier molecular flexibility index (Phi) is 5.95. The summed E-state index contributed by atoms with van der Waals surface area (Å²) in [5.74, 6) is 2.00. The van der Waals surface area contributed by atoms with E-state index in [1.54, 1.807) is 0 Å². The fourth-order valence-electron chi connectivity index (χ4n) is 4.95. The number of hydrogen-bond acceptors (Lipinski definition) is 6. The SMILES string of the molecule is CC1(C)CSSC1CNCC(O)C1CCc2cc3c(cc2O1)C(C)(C)N([O])C3(C)C. The van der Waals surface area contributed by atoms with E-state index in [2.05, 4.69) is 25.2 Å². The summed E-state index contributed by atoms with van der Waals surface area (Å²) in [7, 11) is 3.89.